The summed E-state index contributed by atoms with van der Waals surface area (Å²) in [5, 5.41) is 8.11. The van der Waals surface area contributed by atoms with E-state index in [0.717, 1.165) is 54.1 Å². The molecule has 0 aliphatic carbocycles. The molecular weight excluding hydrogens is 388 g/mol. The summed E-state index contributed by atoms with van der Waals surface area (Å²) in [5.74, 6) is 1.51. The van der Waals surface area contributed by atoms with Gasteiger partial charge in [-0.25, -0.2) is 4.98 Å². The van der Waals surface area contributed by atoms with Gasteiger partial charge < -0.3 is 10.2 Å². The minimum Gasteiger partial charge on any atom is -0.355 e. The number of nitrogens with zero attached hydrogens (tertiary/aromatic N) is 5. The van der Waals surface area contributed by atoms with Crippen molar-refractivity contribution in [2.75, 3.05) is 23.3 Å². The van der Waals surface area contributed by atoms with Crippen molar-refractivity contribution in [3.05, 3.63) is 46.4 Å². The molecule has 3 aromatic rings. The van der Waals surface area contributed by atoms with Gasteiger partial charge in [-0.2, -0.15) is 14.6 Å². The first kappa shape index (κ1) is 19.6. The third-order valence-corrected chi connectivity index (χ3v) is 6.09. The standard InChI is InChI=1S/C21H25ClN6O/c1-4-16-14(3)25-21-23-12-24-28(21)20(16)27-10-6-7-15(11-27)19(29)26-18-9-5-8-17(22)13(18)2/h5,8-9,12,15H,4,6-7,10-11H2,1-3H3,(H,26,29). The highest BCUT2D eigenvalue weighted by Crippen LogP contribution is 2.30. The molecule has 1 aliphatic rings. The molecule has 1 aromatic carbocycles. The number of carbonyl (C=O) groups excluding carboxylic acids is 1. The predicted molar refractivity (Wildman–Crippen MR) is 115 cm³/mol. The summed E-state index contributed by atoms with van der Waals surface area (Å²) in [6.45, 7) is 7.56. The van der Waals surface area contributed by atoms with E-state index in [1.807, 2.05) is 32.0 Å². The van der Waals surface area contributed by atoms with Crippen molar-refractivity contribution in [1.82, 2.24) is 19.6 Å². The van der Waals surface area contributed by atoms with E-state index in [2.05, 4.69) is 32.2 Å². The molecule has 0 bridgehead atoms. The molecule has 1 amide bonds. The summed E-state index contributed by atoms with van der Waals surface area (Å²) in [7, 11) is 0. The van der Waals surface area contributed by atoms with Crippen LogP contribution in [-0.4, -0.2) is 38.6 Å². The summed E-state index contributed by atoms with van der Waals surface area (Å²) in [4.78, 5) is 24.1. The molecule has 1 aliphatic heterocycles. The van der Waals surface area contributed by atoms with Crippen molar-refractivity contribution in [3.63, 3.8) is 0 Å². The van der Waals surface area contributed by atoms with Gasteiger partial charge in [0.25, 0.3) is 5.78 Å². The highest BCUT2D eigenvalue weighted by molar-refractivity contribution is 6.31. The number of amides is 1. The third kappa shape index (κ3) is 3.67. The van der Waals surface area contributed by atoms with Crippen LogP contribution in [0.4, 0.5) is 11.5 Å². The predicted octanol–water partition coefficient (Wildman–Crippen LogP) is 3.81. The van der Waals surface area contributed by atoms with Crippen LogP contribution in [0.2, 0.25) is 5.02 Å². The van der Waals surface area contributed by atoms with E-state index in [9.17, 15) is 4.79 Å². The molecule has 7 nitrogen and oxygen atoms in total. The van der Waals surface area contributed by atoms with Crippen LogP contribution >= 0.6 is 11.6 Å². The number of rotatable bonds is 4. The molecular formula is C21H25ClN6O. The molecule has 1 N–H and O–H groups in total. The normalized spacial score (nSPS) is 17.0. The van der Waals surface area contributed by atoms with Gasteiger partial charge in [0.1, 0.15) is 12.1 Å². The number of anilines is 2. The van der Waals surface area contributed by atoms with E-state index < -0.39 is 0 Å². The molecule has 0 radical (unpaired) electrons. The summed E-state index contributed by atoms with van der Waals surface area (Å²) in [5.41, 5.74) is 3.77. The van der Waals surface area contributed by atoms with Crippen LogP contribution in [0.3, 0.4) is 0 Å². The van der Waals surface area contributed by atoms with Gasteiger partial charge in [0.2, 0.25) is 5.91 Å². The van der Waals surface area contributed by atoms with Gasteiger partial charge in [-0.05, 0) is 50.8 Å². The molecule has 1 unspecified atom stereocenters. The smallest absolute Gasteiger partial charge is 0.254 e. The van der Waals surface area contributed by atoms with Gasteiger partial charge in [0, 0.05) is 35.1 Å². The van der Waals surface area contributed by atoms with Crippen LogP contribution in [0.5, 0.6) is 0 Å². The molecule has 1 fully saturated rings. The first-order valence-electron chi connectivity index (χ1n) is 9.99. The van der Waals surface area contributed by atoms with Gasteiger partial charge in [-0.15, -0.1) is 0 Å². The molecule has 2 aromatic heterocycles. The second kappa shape index (κ2) is 7.99. The maximum absolute atomic E-state index is 13.0. The van der Waals surface area contributed by atoms with Crippen molar-refractivity contribution in [3.8, 4) is 0 Å². The molecule has 152 valence electrons. The number of hydrogen-bond acceptors (Lipinski definition) is 5. The lowest BCUT2D eigenvalue weighted by molar-refractivity contribution is -0.120. The van der Waals surface area contributed by atoms with Gasteiger partial charge >= 0.3 is 0 Å². The number of nitrogens with one attached hydrogen (secondary N) is 1. The van der Waals surface area contributed by atoms with Crippen LogP contribution in [0.1, 0.15) is 36.6 Å². The van der Waals surface area contributed by atoms with E-state index in [-0.39, 0.29) is 11.8 Å². The van der Waals surface area contributed by atoms with Crippen LogP contribution < -0.4 is 10.2 Å². The molecule has 4 rings (SSSR count). The Morgan fingerprint density at radius 3 is 2.97 bits per heavy atom. The van der Waals surface area contributed by atoms with Crippen molar-refractivity contribution in [1.29, 1.82) is 0 Å². The summed E-state index contributed by atoms with van der Waals surface area (Å²) in [6.07, 6.45) is 4.17. The van der Waals surface area contributed by atoms with E-state index in [1.54, 1.807) is 4.52 Å². The Balaban J connectivity index is 1.61. The lowest BCUT2D eigenvalue weighted by atomic mass is 9.96. The number of benzene rings is 1. The number of aryl methyl sites for hydroxylation is 1. The van der Waals surface area contributed by atoms with Gasteiger partial charge in [-0.3, -0.25) is 4.79 Å². The van der Waals surface area contributed by atoms with E-state index in [0.29, 0.717) is 17.3 Å². The number of fused-ring (bicyclic) bond motifs is 1. The second-order valence-electron chi connectivity index (χ2n) is 7.51. The Morgan fingerprint density at radius 2 is 2.17 bits per heavy atom. The average Bonchev–Trinajstić information content (AvgIpc) is 3.18. The zero-order valence-electron chi connectivity index (χ0n) is 16.9. The number of halogens is 1. The summed E-state index contributed by atoms with van der Waals surface area (Å²) in [6, 6.07) is 5.57. The van der Waals surface area contributed by atoms with Crippen LogP contribution in [0, 0.1) is 19.8 Å². The van der Waals surface area contributed by atoms with Crippen molar-refractivity contribution < 1.29 is 4.79 Å². The zero-order chi connectivity index (χ0) is 20.5. The highest BCUT2D eigenvalue weighted by Gasteiger charge is 2.29. The fraction of sp³-hybridized carbons (Fsp3) is 0.429. The first-order chi connectivity index (χ1) is 14.0. The van der Waals surface area contributed by atoms with E-state index in [4.69, 9.17) is 11.6 Å². The third-order valence-electron chi connectivity index (χ3n) is 5.68. The fourth-order valence-electron chi connectivity index (χ4n) is 4.07. The van der Waals surface area contributed by atoms with Crippen molar-refractivity contribution in [2.24, 2.45) is 5.92 Å². The first-order valence-corrected chi connectivity index (χ1v) is 10.4. The monoisotopic (exact) mass is 412 g/mol. The van der Waals surface area contributed by atoms with Crippen LogP contribution in [0.25, 0.3) is 5.78 Å². The molecule has 0 spiro atoms. The van der Waals surface area contributed by atoms with E-state index in [1.165, 1.54) is 6.33 Å². The Kier molecular flexibility index (Phi) is 5.41. The van der Waals surface area contributed by atoms with Crippen LogP contribution in [0.15, 0.2) is 24.5 Å². The molecule has 29 heavy (non-hydrogen) atoms. The molecule has 1 saturated heterocycles. The Hall–Kier alpha value is -2.67. The summed E-state index contributed by atoms with van der Waals surface area (Å²) < 4.78 is 1.80. The Morgan fingerprint density at radius 1 is 1.34 bits per heavy atom. The topological polar surface area (TPSA) is 75.4 Å². The van der Waals surface area contributed by atoms with Crippen molar-refractivity contribution in [2.45, 2.75) is 40.0 Å². The number of aromatic nitrogens is 4. The second-order valence-corrected chi connectivity index (χ2v) is 7.92. The number of hydrogen-bond donors (Lipinski definition) is 1. The van der Waals surface area contributed by atoms with Crippen LogP contribution in [-0.2, 0) is 11.2 Å². The minimum atomic E-state index is -0.112. The molecule has 3 heterocycles. The Labute approximate surface area is 175 Å². The minimum absolute atomic E-state index is 0.0266. The van der Waals surface area contributed by atoms with E-state index >= 15 is 0 Å². The molecule has 8 heteroatoms. The van der Waals surface area contributed by atoms with Crippen molar-refractivity contribution >= 4 is 34.8 Å². The Bertz CT molecular complexity index is 1060. The molecule has 1 atom stereocenters. The lowest BCUT2D eigenvalue weighted by Gasteiger charge is -2.35. The zero-order valence-corrected chi connectivity index (χ0v) is 17.7. The maximum Gasteiger partial charge on any atom is 0.254 e. The summed E-state index contributed by atoms with van der Waals surface area (Å²) >= 11 is 6.20. The number of carbonyl (C=O) groups is 1. The largest absolute Gasteiger partial charge is 0.355 e. The lowest BCUT2D eigenvalue weighted by Crippen LogP contribution is -2.42. The van der Waals surface area contributed by atoms with Gasteiger partial charge in [0.15, 0.2) is 0 Å². The van der Waals surface area contributed by atoms with Gasteiger partial charge in [-0.1, -0.05) is 24.6 Å². The van der Waals surface area contributed by atoms with Gasteiger partial charge in [0.05, 0.1) is 5.92 Å². The quantitative estimate of drug-likeness (QED) is 0.705. The highest BCUT2D eigenvalue weighted by atomic mass is 35.5. The average molecular weight is 413 g/mol. The number of piperidine rings is 1. The SMILES string of the molecule is CCc1c(C)nc2ncnn2c1N1CCCC(C(=O)Nc2cccc(Cl)c2C)C1. The molecule has 0 saturated carbocycles. The fourth-order valence-corrected chi connectivity index (χ4v) is 4.24. The maximum atomic E-state index is 13.0.